The first kappa shape index (κ1) is 16.5. The summed E-state index contributed by atoms with van der Waals surface area (Å²) in [4.78, 5) is 15.2. The summed E-state index contributed by atoms with van der Waals surface area (Å²) in [5, 5.41) is 0. The van der Waals surface area contributed by atoms with Gasteiger partial charge in [-0.2, -0.15) is 0 Å². The number of nitrogens with zero attached hydrogens (tertiary/aromatic N) is 1. The maximum Gasteiger partial charge on any atom is 0.321 e. The second kappa shape index (κ2) is 7.05. The number of carbonyl (C=O) groups is 1. The van der Waals surface area contributed by atoms with Crippen molar-refractivity contribution in [2.45, 2.75) is 11.8 Å². The van der Waals surface area contributed by atoms with Crippen LogP contribution in [0.4, 0.5) is 0 Å². The lowest BCUT2D eigenvalue weighted by molar-refractivity contribution is -0.150. The number of ether oxygens (including phenoxy) is 2. The molecule has 0 N–H and O–H groups in total. The van der Waals surface area contributed by atoms with Crippen molar-refractivity contribution in [3.63, 3.8) is 0 Å². The van der Waals surface area contributed by atoms with Crippen LogP contribution in [0.5, 0.6) is 5.75 Å². The topological polar surface area (TPSA) is 38.8 Å². The number of esters is 1. The van der Waals surface area contributed by atoms with Gasteiger partial charge in [-0.15, -0.1) is 0 Å². The Balaban J connectivity index is 2.02. The number of hydrogen-bond donors (Lipinski definition) is 0. The maximum atomic E-state index is 13.2. The minimum absolute atomic E-state index is 0.202. The van der Waals surface area contributed by atoms with E-state index in [0.29, 0.717) is 26.2 Å². The fraction of sp³-hybridized carbons (Fsp3) is 0.350. The van der Waals surface area contributed by atoms with Gasteiger partial charge in [0.05, 0.1) is 6.61 Å². The van der Waals surface area contributed by atoms with Crippen LogP contribution >= 0.6 is 0 Å². The van der Waals surface area contributed by atoms with E-state index in [9.17, 15) is 4.79 Å². The number of carbonyl (C=O) groups excluding carboxylic acids is 1. The highest BCUT2D eigenvalue weighted by atomic mass is 16.5. The highest BCUT2D eigenvalue weighted by Gasteiger charge is 2.47. The first-order valence-corrected chi connectivity index (χ1v) is 8.24. The highest BCUT2D eigenvalue weighted by Crippen LogP contribution is 2.44. The predicted octanol–water partition coefficient (Wildman–Crippen LogP) is 2.86. The Labute approximate surface area is 143 Å². The third-order valence-electron chi connectivity index (χ3n) is 4.47. The molecule has 0 saturated carbocycles. The fourth-order valence-corrected chi connectivity index (χ4v) is 3.19. The van der Waals surface area contributed by atoms with Crippen LogP contribution < -0.4 is 4.74 Å². The minimum atomic E-state index is -0.803. The Morgan fingerprint density at radius 3 is 2.58 bits per heavy atom. The van der Waals surface area contributed by atoms with Crippen molar-refractivity contribution >= 4 is 5.97 Å². The predicted molar refractivity (Wildman–Crippen MR) is 93.3 cm³/mol. The first-order valence-electron chi connectivity index (χ1n) is 8.24. The largest absolute Gasteiger partial charge is 0.493 e. The lowest BCUT2D eigenvalue weighted by Gasteiger charge is -2.37. The Kier molecular flexibility index (Phi) is 4.86. The van der Waals surface area contributed by atoms with Gasteiger partial charge in [0.1, 0.15) is 17.8 Å². The fourth-order valence-electron chi connectivity index (χ4n) is 3.19. The van der Waals surface area contributed by atoms with Crippen molar-refractivity contribution < 1.29 is 14.3 Å². The summed E-state index contributed by atoms with van der Waals surface area (Å²) in [6, 6.07) is 17.6. The quantitative estimate of drug-likeness (QED) is 0.793. The number of likely N-dealkylation sites (N-methyl/N-ethyl adjacent to an activating group) is 1. The average Bonchev–Trinajstić information content (AvgIpc) is 2.61. The van der Waals surface area contributed by atoms with Gasteiger partial charge in [-0.1, -0.05) is 48.5 Å². The Morgan fingerprint density at radius 1 is 1.12 bits per heavy atom. The van der Waals surface area contributed by atoms with Gasteiger partial charge in [0.25, 0.3) is 0 Å². The van der Waals surface area contributed by atoms with Crippen LogP contribution in [0.1, 0.15) is 17.5 Å². The third kappa shape index (κ3) is 3.02. The summed E-state index contributed by atoms with van der Waals surface area (Å²) in [7, 11) is 3.93. The molecule has 0 spiro atoms. The lowest BCUT2D eigenvalue weighted by Crippen LogP contribution is -2.43. The first-order chi connectivity index (χ1) is 11.6. The van der Waals surface area contributed by atoms with Gasteiger partial charge in [0.2, 0.25) is 0 Å². The molecule has 2 aromatic rings. The zero-order valence-electron chi connectivity index (χ0n) is 14.2. The zero-order chi connectivity index (χ0) is 17.0. The molecular weight excluding hydrogens is 302 g/mol. The number of hydrogen-bond acceptors (Lipinski definition) is 4. The van der Waals surface area contributed by atoms with Crippen LogP contribution in [-0.2, 0) is 14.9 Å². The average molecular weight is 325 g/mol. The Hall–Kier alpha value is -2.33. The summed E-state index contributed by atoms with van der Waals surface area (Å²) >= 11 is 0. The van der Waals surface area contributed by atoms with Gasteiger partial charge >= 0.3 is 5.97 Å². The highest BCUT2D eigenvalue weighted by molar-refractivity contribution is 5.89. The molecule has 1 aliphatic heterocycles. The van der Waals surface area contributed by atoms with Crippen molar-refractivity contribution in [1.82, 2.24) is 4.90 Å². The molecule has 1 aliphatic rings. The molecule has 0 aromatic heterocycles. The second-order valence-corrected chi connectivity index (χ2v) is 6.31. The molecule has 1 unspecified atom stereocenters. The van der Waals surface area contributed by atoms with Crippen LogP contribution in [0.15, 0.2) is 54.6 Å². The molecule has 0 bridgehead atoms. The van der Waals surface area contributed by atoms with E-state index in [1.165, 1.54) is 0 Å². The number of benzene rings is 2. The molecule has 0 aliphatic carbocycles. The molecule has 1 atom stereocenters. The molecule has 2 aromatic carbocycles. The Morgan fingerprint density at radius 2 is 1.83 bits per heavy atom. The summed E-state index contributed by atoms with van der Waals surface area (Å²) in [5.74, 6) is 0.559. The van der Waals surface area contributed by atoms with Gasteiger partial charge in [0, 0.05) is 18.5 Å². The molecule has 3 rings (SSSR count). The van der Waals surface area contributed by atoms with Crippen molar-refractivity contribution in [3.05, 3.63) is 65.7 Å². The molecule has 1 heterocycles. The smallest absolute Gasteiger partial charge is 0.321 e. The molecule has 126 valence electrons. The number of fused-ring (bicyclic) bond motifs is 1. The Bertz CT molecular complexity index is 699. The van der Waals surface area contributed by atoms with Crippen molar-refractivity contribution in [2.24, 2.45) is 0 Å². The summed E-state index contributed by atoms with van der Waals surface area (Å²) in [6.07, 6.45) is 0.578. The molecule has 0 radical (unpaired) electrons. The molecule has 24 heavy (non-hydrogen) atoms. The van der Waals surface area contributed by atoms with Crippen LogP contribution in [0.3, 0.4) is 0 Å². The van der Waals surface area contributed by atoms with Gasteiger partial charge in [-0.3, -0.25) is 4.79 Å². The molecule has 0 fully saturated rings. The zero-order valence-corrected chi connectivity index (χ0v) is 14.2. The van der Waals surface area contributed by atoms with Crippen molar-refractivity contribution in [2.75, 3.05) is 33.9 Å². The maximum absolute atomic E-state index is 13.2. The van der Waals surface area contributed by atoms with E-state index in [4.69, 9.17) is 9.47 Å². The second-order valence-electron chi connectivity index (χ2n) is 6.31. The van der Waals surface area contributed by atoms with Crippen molar-refractivity contribution in [3.8, 4) is 5.75 Å². The number of para-hydroxylation sites is 1. The monoisotopic (exact) mass is 325 g/mol. The molecule has 4 heteroatoms. The van der Waals surface area contributed by atoms with Gasteiger partial charge in [0.15, 0.2) is 0 Å². The standard InChI is InChI=1S/C20H23NO3/c1-21(2)13-15-24-19(22)20(16-8-4-3-5-9-16)12-14-23-18-11-7-6-10-17(18)20/h3-11H,12-15H2,1-2H3. The van der Waals surface area contributed by atoms with E-state index < -0.39 is 5.41 Å². The van der Waals surface area contributed by atoms with E-state index in [-0.39, 0.29) is 5.97 Å². The third-order valence-corrected chi connectivity index (χ3v) is 4.47. The minimum Gasteiger partial charge on any atom is -0.493 e. The lowest BCUT2D eigenvalue weighted by atomic mass is 9.71. The van der Waals surface area contributed by atoms with Crippen LogP contribution in [0, 0.1) is 0 Å². The van der Waals surface area contributed by atoms with Crippen LogP contribution in [0.25, 0.3) is 0 Å². The van der Waals surface area contributed by atoms with Gasteiger partial charge in [-0.05, 0) is 25.7 Å². The summed E-state index contributed by atoms with van der Waals surface area (Å²) in [6.45, 7) is 1.58. The van der Waals surface area contributed by atoms with Gasteiger partial charge in [-0.25, -0.2) is 0 Å². The SMILES string of the molecule is CN(C)CCOC(=O)C1(c2ccccc2)CCOc2ccccc21. The normalized spacial score (nSPS) is 19.5. The van der Waals surface area contributed by atoms with Crippen molar-refractivity contribution in [1.29, 1.82) is 0 Å². The van der Waals surface area contributed by atoms with E-state index in [1.54, 1.807) is 0 Å². The van der Waals surface area contributed by atoms with E-state index in [1.807, 2.05) is 73.6 Å². The van der Waals surface area contributed by atoms with Crippen LogP contribution in [-0.4, -0.2) is 44.7 Å². The van der Waals surface area contributed by atoms with E-state index >= 15 is 0 Å². The molecular formula is C20H23NO3. The van der Waals surface area contributed by atoms with E-state index in [2.05, 4.69) is 0 Å². The number of rotatable bonds is 5. The molecule has 0 amide bonds. The van der Waals surface area contributed by atoms with Crippen LogP contribution in [0.2, 0.25) is 0 Å². The molecule has 4 nitrogen and oxygen atoms in total. The van der Waals surface area contributed by atoms with E-state index in [0.717, 1.165) is 16.9 Å². The van der Waals surface area contributed by atoms with Gasteiger partial charge < -0.3 is 14.4 Å². The summed E-state index contributed by atoms with van der Waals surface area (Å²) in [5.41, 5.74) is 1.04. The molecule has 0 saturated heterocycles. The summed E-state index contributed by atoms with van der Waals surface area (Å²) < 4.78 is 11.4.